The molecule has 1 N–H and O–H groups in total. The number of hydrogen-bond donors (Lipinski definition) is 1. The van der Waals surface area contributed by atoms with Gasteiger partial charge in [0.05, 0.1) is 16.7 Å². The fourth-order valence-corrected chi connectivity index (χ4v) is 5.85. The first-order chi connectivity index (χ1) is 16.6. The Bertz CT molecular complexity index is 1380. The number of ketones is 1. The van der Waals surface area contributed by atoms with Gasteiger partial charge in [-0.1, -0.05) is 48.5 Å². The van der Waals surface area contributed by atoms with Gasteiger partial charge in [0.2, 0.25) is 0 Å². The van der Waals surface area contributed by atoms with Crippen LogP contribution in [0.4, 0.5) is 0 Å². The molecule has 2 aliphatic carbocycles. The van der Waals surface area contributed by atoms with Crippen LogP contribution in [0.5, 0.6) is 0 Å². The van der Waals surface area contributed by atoms with E-state index in [4.69, 9.17) is 4.98 Å². The van der Waals surface area contributed by atoms with Crippen LogP contribution in [0, 0.1) is 17.2 Å². The first kappa shape index (κ1) is 20.6. The van der Waals surface area contributed by atoms with Gasteiger partial charge in [0.15, 0.2) is 5.78 Å². The van der Waals surface area contributed by atoms with Crippen LogP contribution in [0.25, 0.3) is 11.3 Å². The third-order valence-electron chi connectivity index (χ3n) is 7.38. The van der Waals surface area contributed by atoms with E-state index in [2.05, 4.69) is 46.5 Å². The zero-order valence-corrected chi connectivity index (χ0v) is 19.0. The number of Topliss-reactive ketones (excluding diaryl/α,β-unsaturated/α-hetero) is 1. The average Bonchev–Trinajstić information content (AvgIpc) is 3.48. The first-order valence-corrected chi connectivity index (χ1v) is 11.7. The summed E-state index contributed by atoms with van der Waals surface area (Å²) in [7, 11) is 1.98. The molecule has 2 heterocycles. The summed E-state index contributed by atoms with van der Waals surface area (Å²) in [6.45, 7) is 0.693. The van der Waals surface area contributed by atoms with Crippen molar-refractivity contribution < 1.29 is 4.79 Å². The molecule has 2 unspecified atom stereocenters. The molecule has 6 rings (SSSR count). The summed E-state index contributed by atoms with van der Waals surface area (Å²) < 4.78 is 2.28. The quantitative estimate of drug-likeness (QED) is 0.659. The van der Waals surface area contributed by atoms with Gasteiger partial charge in [0, 0.05) is 43.2 Å². The maximum absolute atomic E-state index is 12.8. The smallest absolute Gasteiger partial charge is 0.173 e. The highest BCUT2D eigenvalue weighted by Gasteiger charge is 2.51. The van der Waals surface area contributed by atoms with Crippen LogP contribution in [0.1, 0.15) is 35.6 Å². The molecular weight excluding hydrogens is 422 g/mol. The molecule has 0 saturated carbocycles. The monoisotopic (exact) mass is 447 g/mol. The summed E-state index contributed by atoms with van der Waals surface area (Å²) in [4.78, 5) is 18.1. The van der Waals surface area contributed by atoms with Gasteiger partial charge in [-0.2, -0.15) is 5.26 Å². The molecule has 1 aromatic heterocycles. The highest BCUT2D eigenvalue weighted by molar-refractivity contribution is 6.01. The van der Waals surface area contributed by atoms with E-state index in [1.54, 1.807) is 0 Å². The molecule has 0 radical (unpaired) electrons. The van der Waals surface area contributed by atoms with Crippen molar-refractivity contribution in [2.45, 2.75) is 24.7 Å². The Morgan fingerprint density at radius 2 is 1.85 bits per heavy atom. The Hall–Kier alpha value is -3.95. The molecule has 1 aliphatic heterocycles. The minimum atomic E-state index is -0.610. The van der Waals surface area contributed by atoms with E-state index >= 15 is 0 Å². The van der Waals surface area contributed by atoms with Gasteiger partial charge in [-0.3, -0.25) is 9.36 Å². The van der Waals surface area contributed by atoms with Crippen molar-refractivity contribution in [1.82, 2.24) is 20.0 Å². The maximum Gasteiger partial charge on any atom is 0.173 e. The molecule has 2 aromatic carbocycles. The van der Waals surface area contributed by atoms with Crippen molar-refractivity contribution >= 4 is 11.4 Å². The van der Waals surface area contributed by atoms with Gasteiger partial charge >= 0.3 is 0 Å². The topological polar surface area (TPSA) is 74.0 Å². The second-order valence-electron chi connectivity index (χ2n) is 9.27. The van der Waals surface area contributed by atoms with Crippen molar-refractivity contribution in [3.8, 4) is 11.8 Å². The van der Waals surface area contributed by atoms with Crippen LogP contribution in [-0.2, 0) is 16.6 Å². The number of aromatic nitrogens is 2. The van der Waals surface area contributed by atoms with Crippen molar-refractivity contribution in [3.05, 3.63) is 101 Å². The molecule has 2 atom stereocenters. The predicted molar refractivity (Wildman–Crippen MR) is 130 cm³/mol. The summed E-state index contributed by atoms with van der Waals surface area (Å²) in [6, 6.07) is 22.8. The SMILES string of the molecule is CN1C=C(c2nc3c(n2-c2ccccc2)CCC2CC(=O)C(C#N)=CC32c2ccccc2)CN1. The predicted octanol–water partition coefficient (Wildman–Crippen LogP) is 3.93. The zero-order chi connectivity index (χ0) is 23.3. The van der Waals surface area contributed by atoms with E-state index in [1.165, 1.54) is 0 Å². The van der Waals surface area contributed by atoms with E-state index < -0.39 is 5.41 Å². The van der Waals surface area contributed by atoms with Crippen molar-refractivity contribution in [2.75, 3.05) is 13.6 Å². The number of carbonyl (C=O) groups excluding carboxylic acids is 1. The van der Waals surface area contributed by atoms with E-state index in [0.29, 0.717) is 13.0 Å². The van der Waals surface area contributed by atoms with Gasteiger partial charge in [-0.15, -0.1) is 0 Å². The minimum absolute atomic E-state index is 0.0606. The molecule has 6 heteroatoms. The molecule has 6 nitrogen and oxygen atoms in total. The lowest BCUT2D eigenvalue weighted by Gasteiger charge is -2.44. The Balaban J connectivity index is 1.69. The first-order valence-electron chi connectivity index (χ1n) is 11.7. The van der Waals surface area contributed by atoms with Crippen molar-refractivity contribution in [2.24, 2.45) is 5.92 Å². The Kier molecular flexibility index (Phi) is 4.75. The van der Waals surface area contributed by atoms with E-state index in [1.807, 2.05) is 54.5 Å². The van der Waals surface area contributed by atoms with E-state index in [9.17, 15) is 10.1 Å². The van der Waals surface area contributed by atoms with Gasteiger partial charge in [-0.25, -0.2) is 10.4 Å². The summed E-state index contributed by atoms with van der Waals surface area (Å²) >= 11 is 0. The third kappa shape index (κ3) is 2.98. The number of carbonyl (C=O) groups is 1. The fourth-order valence-electron chi connectivity index (χ4n) is 5.85. The normalized spacial score (nSPS) is 23.6. The lowest BCUT2D eigenvalue weighted by Crippen LogP contribution is -2.44. The summed E-state index contributed by atoms with van der Waals surface area (Å²) in [5.74, 6) is 0.916. The summed E-state index contributed by atoms with van der Waals surface area (Å²) in [5, 5.41) is 11.8. The highest BCUT2D eigenvalue weighted by atomic mass is 16.1. The van der Waals surface area contributed by atoms with Gasteiger partial charge < -0.3 is 5.01 Å². The van der Waals surface area contributed by atoms with E-state index in [-0.39, 0.29) is 17.3 Å². The fraction of sp³-hybridized carbons (Fsp3) is 0.250. The lowest BCUT2D eigenvalue weighted by molar-refractivity contribution is -0.117. The largest absolute Gasteiger partial charge is 0.318 e. The van der Waals surface area contributed by atoms with Crippen molar-refractivity contribution in [3.63, 3.8) is 0 Å². The van der Waals surface area contributed by atoms with Gasteiger partial charge in [-0.05, 0) is 42.5 Å². The number of benzene rings is 2. The molecule has 3 aromatic rings. The van der Waals surface area contributed by atoms with Crippen LogP contribution in [0.2, 0.25) is 0 Å². The molecule has 0 fully saturated rings. The van der Waals surface area contributed by atoms with Crippen LogP contribution < -0.4 is 5.43 Å². The number of allylic oxidation sites excluding steroid dienone is 2. The average molecular weight is 448 g/mol. The number of rotatable bonds is 3. The molecule has 3 aliphatic rings. The lowest BCUT2D eigenvalue weighted by atomic mass is 9.58. The summed E-state index contributed by atoms with van der Waals surface area (Å²) in [5.41, 5.74) is 8.34. The summed E-state index contributed by atoms with van der Waals surface area (Å²) in [6.07, 6.45) is 6.06. The maximum atomic E-state index is 12.8. The Morgan fingerprint density at radius 1 is 1.12 bits per heavy atom. The molecule has 0 bridgehead atoms. The third-order valence-corrected chi connectivity index (χ3v) is 7.38. The number of nitriles is 1. The van der Waals surface area contributed by atoms with Gasteiger partial charge in [0.25, 0.3) is 0 Å². The number of fused-ring (bicyclic) bond motifs is 3. The highest BCUT2D eigenvalue weighted by Crippen LogP contribution is 2.52. The molecule has 0 amide bonds. The molecule has 0 spiro atoms. The standard InChI is InChI=1S/C28H25N5O/c1-32-18-20(17-30-32)27-31-26-24(33(27)23-10-6-3-7-11-23)13-12-22-14-25(34)19(16-29)15-28(22,26)21-8-4-2-5-9-21/h2-11,15,18,22,30H,12-14,17H2,1H3. The van der Waals surface area contributed by atoms with E-state index in [0.717, 1.165) is 46.9 Å². The van der Waals surface area contributed by atoms with Crippen molar-refractivity contribution in [1.29, 1.82) is 5.26 Å². The number of para-hydroxylation sites is 1. The number of nitrogens with one attached hydrogen (secondary N) is 1. The number of nitrogens with zero attached hydrogens (tertiary/aromatic N) is 4. The number of hydrazine groups is 1. The molecule has 34 heavy (non-hydrogen) atoms. The Labute approximate surface area is 198 Å². The second kappa shape index (κ2) is 7.82. The molecule has 0 saturated heterocycles. The van der Waals surface area contributed by atoms with Gasteiger partial charge in [0.1, 0.15) is 11.9 Å². The Morgan fingerprint density at radius 3 is 2.53 bits per heavy atom. The number of imidazole rings is 1. The van der Waals surface area contributed by atoms with Crippen LogP contribution >= 0.6 is 0 Å². The molecule has 168 valence electrons. The molecular formula is C28H25N5O. The minimum Gasteiger partial charge on any atom is -0.318 e. The number of hydrogen-bond acceptors (Lipinski definition) is 5. The zero-order valence-electron chi connectivity index (χ0n) is 19.0. The van der Waals surface area contributed by atoms with Crippen LogP contribution in [0.15, 0.2) is 78.5 Å². The second-order valence-corrected chi connectivity index (χ2v) is 9.27. The van der Waals surface area contributed by atoms with Crippen LogP contribution in [-0.4, -0.2) is 33.9 Å². The van der Waals surface area contributed by atoms with Crippen LogP contribution in [0.3, 0.4) is 0 Å².